The molecule has 2 aliphatic rings. The number of hydroxylamine groups is 6. The molecule has 0 aromatic carbocycles. The highest BCUT2D eigenvalue weighted by atomic mass is 17.0. The van der Waals surface area contributed by atoms with Crippen LogP contribution >= 0.6 is 0 Å². The molecule has 2 aliphatic carbocycles. The van der Waals surface area contributed by atoms with Crippen molar-refractivity contribution in [3.63, 3.8) is 0 Å². The number of rotatable bonds is 7. The Balaban J connectivity index is 1.61. The zero-order valence-corrected chi connectivity index (χ0v) is 13.5. The van der Waals surface area contributed by atoms with Gasteiger partial charge in [-0.2, -0.15) is 11.0 Å². The van der Waals surface area contributed by atoms with Gasteiger partial charge in [-0.05, 0) is 64.5 Å². The van der Waals surface area contributed by atoms with E-state index in [1.54, 1.807) is 14.2 Å². The average Bonchev–Trinajstić information content (AvgIpc) is 2.54. The van der Waals surface area contributed by atoms with Gasteiger partial charge >= 0.3 is 0 Å². The highest BCUT2D eigenvalue weighted by molar-refractivity contribution is 4.82. The van der Waals surface area contributed by atoms with Crippen LogP contribution in [0.4, 0.5) is 0 Å². The number of hydrogen-bond acceptors (Lipinski definition) is 8. The molecule has 0 saturated heterocycles. The van der Waals surface area contributed by atoms with Crippen LogP contribution in [0.3, 0.4) is 0 Å². The third kappa shape index (κ3) is 5.39. The highest BCUT2D eigenvalue weighted by Crippen LogP contribution is 2.25. The summed E-state index contributed by atoms with van der Waals surface area (Å²) in [5, 5.41) is 24.9. The molecule has 0 heterocycles. The Labute approximate surface area is 132 Å². The fraction of sp³-hybridized carbons (Fsp3) is 1.00. The van der Waals surface area contributed by atoms with Crippen molar-refractivity contribution in [2.75, 3.05) is 14.2 Å². The maximum absolute atomic E-state index is 12.0. The Morgan fingerprint density at radius 1 is 0.818 bits per heavy atom. The van der Waals surface area contributed by atoms with Crippen LogP contribution in [0.1, 0.15) is 51.4 Å². The topological polar surface area (TPSA) is 95.1 Å². The van der Waals surface area contributed by atoms with Gasteiger partial charge in [-0.15, -0.1) is 0 Å². The van der Waals surface area contributed by atoms with Gasteiger partial charge in [-0.3, -0.25) is 0 Å². The Kier molecular flexibility index (Phi) is 7.45. The van der Waals surface area contributed by atoms with E-state index in [1.807, 2.05) is 0 Å². The van der Waals surface area contributed by atoms with Gasteiger partial charge in [-0.25, -0.2) is 10.2 Å². The Morgan fingerprint density at radius 2 is 1.32 bits per heavy atom. The minimum Gasteiger partial charge on any atom is -0.785 e. The van der Waals surface area contributed by atoms with Crippen molar-refractivity contribution in [2.45, 2.75) is 75.5 Å². The van der Waals surface area contributed by atoms with E-state index in [1.165, 1.54) is 0 Å². The van der Waals surface area contributed by atoms with E-state index in [0.29, 0.717) is 24.1 Å². The molecule has 0 radical (unpaired) electrons. The Hall–Kier alpha value is -0.320. The molecule has 0 unspecified atom stereocenters. The normalized spacial score (nSPS) is 33.5. The summed E-state index contributed by atoms with van der Waals surface area (Å²) >= 11 is 0. The third-order valence-corrected chi connectivity index (χ3v) is 4.80. The summed E-state index contributed by atoms with van der Waals surface area (Å²) in [5.41, 5.74) is 5.85. The molecule has 2 rings (SSSR count). The first-order chi connectivity index (χ1) is 10.6. The first kappa shape index (κ1) is 18.0. The predicted octanol–water partition coefficient (Wildman–Crippen LogP) is 1.43. The van der Waals surface area contributed by atoms with Gasteiger partial charge in [0.2, 0.25) is 0 Å². The molecule has 8 heteroatoms. The molecule has 0 aromatic rings. The van der Waals surface area contributed by atoms with Crippen LogP contribution in [0.25, 0.3) is 0 Å². The smallest absolute Gasteiger partial charge is 0.0572 e. The van der Waals surface area contributed by atoms with Crippen LogP contribution in [0, 0.1) is 10.4 Å². The van der Waals surface area contributed by atoms with E-state index >= 15 is 0 Å². The average molecular weight is 316 g/mol. The van der Waals surface area contributed by atoms with Crippen molar-refractivity contribution < 1.29 is 9.78 Å². The van der Waals surface area contributed by atoms with Gasteiger partial charge in [-0.1, -0.05) is 0 Å². The lowest BCUT2D eigenvalue weighted by Gasteiger charge is -2.43. The molecule has 0 bridgehead atoms. The number of nitrogens with zero attached hydrogens (tertiary/aromatic N) is 2. The standard InChI is InChI=1S/C14H28N4O4/c1-17(19)13-7-9-14(10-8-13)18(20)22-16-12-5-3-11(4-6-12)15-21-2/h11-16H,3-10H2,1-2H3/q-2. The van der Waals surface area contributed by atoms with E-state index in [0.717, 1.165) is 43.6 Å². The molecule has 0 aromatic heterocycles. The molecule has 2 saturated carbocycles. The van der Waals surface area contributed by atoms with E-state index < -0.39 is 0 Å². The zero-order valence-electron chi connectivity index (χ0n) is 13.5. The molecule has 0 aliphatic heterocycles. The second kappa shape index (κ2) is 9.09. The molecule has 0 atom stereocenters. The maximum atomic E-state index is 12.0. The molecular weight excluding hydrogens is 288 g/mol. The third-order valence-electron chi connectivity index (χ3n) is 4.80. The molecule has 2 N–H and O–H groups in total. The van der Waals surface area contributed by atoms with Crippen molar-refractivity contribution in [3.8, 4) is 0 Å². The van der Waals surface area contributed by atoms with Gasteiger partial charge in [0.15, 0.2) is 0 Å². The first-order valence-electron chi connectivity index (χ1n) is 8.17. The van der Waals surface area contributed by atoms with E-state index in [2.05, 4.69) is 11.0 Å². The SMILES string of the molecule is CONC1CCC(NON([O-])C2CCC(N(C)[O-])CC2)CC1. The summed E-state index contributed by atoms with van der Waals surface area (Å²) in [6.07, 6.45) is 6.79. The largest absolute Gasteiger partial charge is 0.785 e. The lowest BCUT2D eigenvalue weighted by atomic mass is 9.91. The van der Waals surface area contributed by atoms with Gasteiger partial charge in [0, 0.05) is 18.1 Å². The van der Waals surface area contributed by atoms with Crippen LogP contribution < -0.4 is 11.0 Å². The van der Waals surface area contributed by atoms with Crippen LogP contribution in [0.5, 0.6) is 0 Å². The van der Waals surface area contributed by atoms with Crippen molar-refractivity contribution >= 4 is 0 Å². The van der Waals surface area contributed by atoms with Gasteiger partial charge in [0.05, 0.1) is 7.11 Å². The number of nitrogens with one attached hydrogen (secondary N) is 2. The van der Waals surface area contributed by atoms with Crippen molar-refractivity contribution in [2.24, 2.45) is 0 Å². The van der Waals surface area contributed by atoms with Crippen LogP contribution in [-0.4, -0.2) is 48.6 Å². The van der Waals surface area contributed by atoms with E-state index in [-0.39, 0.29) is 18.1 Å². The fourth-order valence-corrected chi connectivity index (χ4v) is 3.33. The minimum atomic E-state index is -0.157. The molecule has 22 heavy (non-hydrogen) atoms. The monoisotopic (exact) mass is 316 g/mol. The van der Waals surface area contributed by atoms with Crippen LogP contribution in [0.2, 0.25) is 0 Å². The molecule has 130 valence electrons. The molecular formula is C14H28N4O4-2. The maximum Gasteiger partial charge on any atom is 0.0572 e. The van der Waals surface area contributed by atoms with Gasteiger partial charge in [0.25, 0.3) is 0 Å². The van der Waals surface area contributed by atoms with Crippen molar-refractivity contribution in [1.29, 1.82) is 0 Å². The summed E-state index contributed by atoms with van der Waals surface area (Å²) in [5.74, 6) is 0. The summed E-state index contributed by atoms with van der Waals surface area (Å²) in [7, 11) is 3.18. The quantitative estimate of drug-likeness (QED) is 0.681. The summed E-state index contributed by atoms with van der Waals surface area (Å²) in [4.78, 5) is 10.1. The first-order valence-corrected chi connectivity index (χ1v) is 8.17. The molecule has 0 spiro atoms. The van der Waals surface area contributed by atoms with Crippen molar-refractivity contribution in [3.05, 3.63) is 10.4 Å². The van der Waals surface area contributed by atoms with Gasteiger partial charge < -0.3 is 20.3 Å². The summed E-state index contributed by atoms with van der Waals surface area (Å²) in [6, 6.07) is 0.470. The summed E-state index contributed by atoms with van der Waals surface area (Å²) in [6.45, 7) is 0. The lowest BCUT2D eigenvalue weighted by Crippen LogP contribution is -2.45. The molecule has 8 nitrogen and oxygen atoms in total. The van der Waals surface area contributed by atoms with E-state index in [4.69, 9.17) is 9.78 Å². The lowest BCUT2D eigenvalue weighted by molar-refractivity contribution is -0.218. The fourth-order valence-electron chi connectivity index (χ4n) is 3.33. The predicted molar refractivity (Wildman–Crippen MR) is 82.8 cm³/mol. The Morgan fingerprint density at radius 3 is 1.82 bits per heavy atom. The van der Waals surface area contributed by atoms with Crippen LogP contribution in [-0.2, 0) is 9.78 Å². The number of hydrogen-bond donors (Lipinski definition) is 2. The summed E-state index contributed by atoms with van der Waals surface area (Å²) < 4.78 is 0. The van der Waals surface area contributed by atoms with Crippen LogP contribution in [0.15, 0.2) is 0 Å². The van der Waals surface area contributed by atoms with Gasteiger partial charge in [0.1, 0.15) is 0 Å². The molecule has 2 fully saturated rings. The highest BCUT2D eigenvalue weighted by Gasteiger charge is 2.24. The second-order valence-electron chi connectivity index (χ2n) is 6.37. The second-order valence-corrected chi connectivity index (χ2v) is 6.37. The zero-order chi connectivity index (χ0) is 15.9. The van der Waals surface area contributed by atoms with E-state index in [9.17, 15) is 10.4 Å². The molecule has 0 amide bonds. The van der Waals surface area contributed by atoms with Crippen molar-refractivity contribution in [1.82, 2.24) is 21.2 Å². The minimum absolute atomic E-state index is 0.0428. The Bertz CT molecular complexity index is 305.